The molecule has 0 bridgehead atoms. The summed E-state index contributed by atoms with van der Waals surface area (Å²) in [4.78, 5) is 12.0. The Morgan fingerprint density at radius 2 is 2.00 bits per heavy atom. The third-order valence-corrected chi connectivity index (χ3v) is 4.15. The van der Waals surface area contributed by atoms with Crippen LogP contribution in [0.4, 0.5) is 0 Å². The number of fused-ring (bicyclic) bond motifs is 1. The quantitative estimate of drug-likeness (QED) is 0.748. The van der Waals surface area contributed by atoms with Gasteiger partial charge in [0.15, 0.2) is 0 Å². The number of esters is 1. The fourth-order valence-electron chi connectivity index (χ4n) is 2.44. The smallest absolute Gasteiger partial charge is 0.309 e. The Hall–Kier alpha value is -1.97. The van der Waals surface area contributed by atoms with Crippen LogP contribution in [0.1, 0.15) is 58.3 Å². The molecule has 4 nitrogen and oxygen atoms in total. The molecule has 1 aliphatic rings. The third kappa shape index (κ3) is 3.87. The van der Waals surface area contributed by atoms with E-state index in [9.17, 15) is 4.79 Å². The SMILES string of the molecule is CC[C@@H](C)C(=O)O[C@H](C)c1cc2c(cc1OC)OC(C)(C)C=C2. The summed E-state index contributed by atoms with van der Waals surface area (Å²) in [5.41, 5.74) is 1.47. The van der Waals surface area contributed by atoms with Crippen molar-refractivity contribution in [2.45, 2.75) is 52.7 Å². The lowest BCUT2D eigenvalue weighted by molar-refractivity contribution is -0.153. The van der Waals surface area contributed by atoms with E-state index in [0.29, 0.717) is 5.75 Å². The van der Waals surface area contributed by atoms with Crippen LogP contribution >= 0.6 is 0 Å². The van der Waals surface area contributed by atoms with Gasteiger partial charge in [0.25, 0.3) is 0 Å². The van der Waals surface area contributed by atoms with E-state index in [1.54, 1.807) is 7.11 Å². The maximum absolute atomic E-state index is 12.0. The van der Waals surface area contributed by atoms with Crippen molar-refractivity contribution >= 4 is 12.0 Å². The number of benzene rings is 1. The van der Waals surface area contributed by atoms with Gasteiger partial charge >= 0.3 is 5.97 Å². The van der Waals surface area contributed by atoms with Crippen LogP contribution in [0.2, 0.25) is 0 Å². The fraction of sp³-hybridized carbons (Fsp3) is 0.526. The van der Waals surface area contributed by atoms with Crippen LogP contribution in [0.25, 0.3) is 6.08 Å². The van der Waals surface area contributed by atoms with Crippen molar-refractivity contribution in [3.8, 4) is 11.5 Å². The zero-order valence-electron chi connectivity index (χ0n) is 14.8. The zero-order valence-corrected chi connectivity index (χ0v) is 14.8. The van der Waals surface area contributed by atoms with E-state index in [-0.39, 0.29) is 23.6 Å². The summed E-state index contributed by atoms with van der Waals surface area (Å²) >= 11 is 0. The van der Waals surface area contributed by atoms with Crippen molar-refractivity contribution < 1.29 is 19.0 Å². The Kier molecular flexibility index (Phi) is 5.03. The van der Waals surface area contributed by atoms with Crippen LogP contribution < -0.4 is 9.47 Å². The van der Waals surface area contributed by atoms with Gasteiger partial charge in [0, 0.05) is 17.2 Å². The van der Waals surface area contributed by atoms with Gasteiger partial charge in [-0.15, -0.1) is 0 Å². The highest BCUT2D eigenvalue weighted by Crippen LogP contribution is 2.39. The largest absolute Gasteiger partial charge is 0.496 e. The second-order valence-corrected chi connectivity index (χ2v) is 6.56. The van der Waals surface area contributed by atoms with Gasteiger partial charge in [-0.05, 0) is 39.3 Å². The summed E-state index contributed by atoms with van der Waals surface area (Å²) in [5.74, 6) is 1.15. The maximum atomic E-state index is 12.0. The lowest BCUT2D eigenvalue weighted by Gasteiger charge is -2.29. The van der Waals surface area contributed by atoms with Gasteiger partial charge in [-0.1, -0.05) is 19.9 Å². The molecule has 0 radical (unpaired) electrons. The van der Waals surface area contributed by atoms with Gasteiger partial charge in [0.1, 0.15) is 23.2 Å². The minimum Gasteiger partial charge on any atom is -0.496 e. The number of hydrogen-bond donors (Lipinski definition) is 0. The van der Waals surface area contributed by atoms with Crippen LogP contribution in [-0.2, 0) is 9.53 Å². The average Bonchev–Trinajstić information content (AvgIpc) is 2.51. The summed E-state index contributed by atoms with van der Waals surface area (Å²) in [6, 6.07) is 3.83. The second-order valence-electron chi connectivity index (χ2n) is 6.56. The minimum atomic E-state index is -0.375. The van der Waals surface area contributed by atoms with Crippen molar-refractivity contribution in [2.75, 3.05) is 7.11 Å². The molecular formula is C19H26O4. The Morgan fingerprint density at radius 3 is 2.61 bits per heavy atom. The van der Waals surface area contributed by atoms with Crippen molar-refractivity contribution in [2.24, 2.45) is 5.92 Å². The molecule has 0 aromatic heterocycles. The van der Waals surface area contributed by atoms with Crippen molar-refractivity contribution in [3.63, 3.8) is 0 Å². The Bertz CT molecular complexity index is 616. The number of carbonyl (C=O) groups excluding carboxylic acids is 1. The van der Waals surface area contributed by atoms with Crippen LogP contribution in [-0.4, -0.2) is 18.7 Å². The molecule has 0 N–H and O–H groups in total. The van der Waals surface area contributed by atoms with Crippen LogP contribution in [0, 0.1) is 5.92 Å². The molecule has 23 heavy (non-hydrogen) atoms. The molecule has 126 valence electrons. The first-order valence-corrected chi connectivity index (χ1v) is 8.08. The molecule has 0 aliphatic carbocycles. The lowest BCUT2D eigenvalue weighted by Crippen LogP contribution is -2.27. The van der Waals surface area contributed by atoms with E-state index in [1.807, 2.05) is 58.9 Å². The monoisotopic (exact) mass is 318 g/mol. The van der Waals surface area contributed by atoms with Crippen molar-refractivity contribution in [1.29, 1.82) is 0 Å². The molecule has 0 spiro atoms. The molecule has 2 rings (SSSR count). The van der Waals surface area contributed by atoms with Gasteiger partial charge in [-0.2, -0.15) is 0 Å². The van der Waals surface area contributed by atoms with E-state index in [4.69, 9.17) is 14.2 Å². The Labute approximate surface area is 138 Å². The molecule has 4 heteroatoms. The van der Waals surface area contributed by atoms with E-state index in [2.05, 4.69) is 0 Å². The zero-order chi connectivity index (χ0) is 17.2. The lowest BCUT2D eigenvalue weighted by atomic mass is 9.98. The maximum Gasteiger partial charge on any atom is 0.309 e. The van der Waals surface area contributed by atoms with E-state index in [0.717, 1.165) is 23.3 Å². The first-order chi connectivity index (χ1) is 10.8. The average molecular weight is 318 g/mol. The van der Waals surface area contributed by atoms with E-state index >= 15 is 0 Å². The number of hydrogen-bond acceptors (Lipinski definition) is 4. The molecule has 0 saturated carbocycles. The highest BCUT2D eigenvalue weighted by molar-refractivity contribution is 5.72. The van der Waals surface area contributed by atoms with E-state index in [1.165, 1.54) is 0 Å². The molecule has 1 aromatic rings. The summed E-state index contributed by atoms with van der Waals surface area (Å²) in [6.45, 7) is 9.71. The predicted octanol–water partition coefficient (Wildman–Crippen LogP) is 4.53. The Balaban J connectivity index is 2.30. The van der Waals surface area contributed by atoms with E-state index < -0.39 is 0 Å². The van der Waals surface area contributed by atoms with Gasteiger partial charge in [0.05, 0.1) is 13.0 Å². The molecule has 0 saturated heterocycles. The molecule has 1 heterocycles. The number of methoxy groups -OCH3 is 1. The molecule has 0 amide bonds. The highest BCUT2D eigenvalue weighted by Gasteiger charge is 2.26. The molecular weight excluding hydrogens is 292 g/mol. The van der Waals surface area contributed by atoms with Crippen molar-refractivity contribution in [1.82, 2.24) is 0 Å². The number of carbonyl (C=O) groups is 1. The predicted molar refractivity (Wildman–Crippen MR) is 90.7 cm³/mol. The normalized spacial score (nSPS) is 17.7. The molecule has 0 fully saturated rings. The summed E-state index contributed by atoms with van der Waals surface area (Å²) in [5, 5.41) is 0. The second kappa shape index (κ2) is 6.65. The Morgan fingerprint density at radius 1 is 1.30 bits per heavy atom. The van der Waals surface area contributed by atoms with Crippen LogP contribution in [0.3, 0.4) is 0 Å². The van der Waals surface area contributed by atoms with Gasteiger partial charge < -0.3 is 14.2 Å². The van der Waals surface area contributed by atoms with Crippen LogP contribution in [0.5, 0.6) is 11.5 Å². The van der Waals surface area contributed by atoms with Crippen molar-refractivity contribution in [3.05, 3.63) is 29.3 Å². The van der Waals surface area contributed by atoms with Gasteiger partial charge in [-0.25, -0.2) is 0 Å². The first-order valence-electron chi connectivity index (χ1n) is 8.08. The minimum absolute atomic E-state index is 0.106. The molecule has 2 atom stereocenters. The molecule has 1 aliphatic heterocycles. The third-order valence-electron chi connectivity index (χ3n) is 4.15. The molecule has 0 unspecified atom stereocenters. The number of ether oxygens (including phenoxy) is 3. The summed E-state index contributed by atoms with van der Waals surface area (Å²) in [7, 11) is 1.61. The van der Waals surface area contributed by atoms with Gasteiger partial charge in [-0.3, -0.25) is 4.79 Å². The summed E-state index contributed by atoms with van der Waals surface area (Å²) in [6.07, 6.45) is 4.44. The first kappa shape index (κ1) is 17.4. The topological polar surface area (TPSA) is 44.8 Å². The molecule has 1 aromatic carbocycles. The summed E-state index contributed by atoms with van der Waals surface area (Å²) < 4.78 is 17.0. The highest BCUT2D eigenvalue weighted by atomic mass is 16.5. The standard InChI is InChI=1S/C19H26O4/c1-7-12(2)18(20)22-13(3)15-10-14-8-9-19(4,5)23-16(14)11-17(15)21-6/h8-13H,7H2,1-6H3/t12-,13-/m1/s1. The van der Waals surface area contributed by atoms with Crippen LogP contribution in [0.15, 0.2) is 18.2 Å². The fourth-order valence-corrected chi connectivity index (χ4v) is 2.44. The number of rotatable bonds is 5. The van der Waals surface area contributed by atoms with Gasteiger partial charge in [0.2, 0.25) is 0 Å².